The zero-order valence-electron chi connectivity index (χ0n) is 11.8. The van der Waals surface area contributed by atoms with E-state index < -0.39 is 6.10 Å². The summed E-state index contributed by atoms with van der Waals surface area (Å²) in [6.45, 7) is 3.84. The lowest BCUT2D eigenvalue weighted by molar-refractivity contribution is 0.198. The monoisotopic (exact) mass is 278 g/mol. The first kappa shape index (κ1) is 14.3. The van der Waals surface area contributed by atoms with Crippen molar-refractivity contribution in [2.45, 2.75) is 33.0 Å². The van der Waals surface area contributed by atoms with Crippen LogP contribution in [0.3, 0.4) is 0 Å². The Hall–Kier alpha value is -2.08. The van der Waals surface area contributed by atoms with Gasteiger partial charge in [-0.25, -0.2) is 0 Å². The summed E-state index contributed by atoms with van der Waals surface area (Å²) in [4.78, 5) is 4.16. The van der Waals surface area contributed by atoms with Crippen LogP contribution in [0.15, 0.2) is 22.7 Å². The van der Waals surface area contributed by atoms with Gasteiger partial charge >= 0.3 is 0 Å². The maximum atomic E-state index is 9.54. The van der Waals surface area contributed by atoms with E-state index in [0.29, 0.717) is 29.6 Å². The van der Waals surface area contributed by atoms with E-state index in [1.54, 1.807) is 32.2 Å². The summed E-state index contributed by atoms with van der Waals surface area (Å²) in [7, 11) is 1.55. The van der Waals surface area contributed by atoms with Gasteiger partial charge in [0, 0.05) is 6.42 Å². The van der Waals surface area contributed by atoms with Crippen molar-refractivity contribution in [3.05, 3.63) is 35.5 Å². The van der Waals surface area contributed by atoms with Crippen LogP contribution < -0.4 is 9.47 Å². The molecule has 1 unspecified atom stereocenters. The van der Waals surface area contributed by atoms with Crippen LogP contribution in [0.25, 0.3) is 0 Å². The van der Waals surface area contributed by atoms with Crippen LogP contribution >= 0.6 is 0 Å². The highest BCUT2D eigenvalue weighted by Gasteiger charge is 2.11. The van der Waals surface area contributed by atoms with Crippen molar-refractivity contribution in [2.24, 2.45) is 0 Å². The van der Waals surface area contributed by atoms with Crippen molar-refractivity contribution in [1.29, 1.82) is 0 Å². The number of hydrogen-bond acceptors (Lipinski definition) is 6. The molecule has 1 N–H and O–H groups in total. The van der Waals surface area contributed by atoms with E-state index in [9.17, 15) is 5.11 Å². The molecule has 0 saturated heterocycles. The van der Waals surface area contributed by atoms with E-state index in [4.69, 9.17) is 14.0 Å². The fraction of sp³-hybridized carbons (Fsp3) is 0.429. The Morgan fingerprint density at radius 2 is 2.15 bits per heavy atom. The first-order valence-electron chi connectivity index (χ1n) is 6.44. The molecule has 2 rings (SSSR count). The van der Waals surface area contributed by atoms with Gasteiger partial charge in [-0.1, -0.05) is 18.1 Å². The van der Waals surface area contributed by atoms with E-state index in [1.807, 2.05) is 6.92 Å². The largest absolute Gasteiger partial charge is 0.493 e. The smallest absolute Gasteiger partial charge is 0.226 e. The molecular weight excluding hydrogens is 260 g/mol. The molecule has 0 fully saturated rings. The minimum Gasteiger partial charge on any atom is -0.493 e. The van der Waals surface area contributed by atoms with E-state index in [2.05, 4.69) is 10.1 Å². The predicted octanol–water partition coefficient (Wildman–Crippen LogP) is 2.27. The molecule has 1 aromatic heterocycles. The summed E-state index contributed by atoms with van der Waals surface area (Å²) in [5.74, 6) is 2.20. The van der Waals surface area contributed by atoms with Crippen LogP contribution in [-0.2, 0) is 13.0 Å². The highest BCUT2D eigenvalue weighted by Crippen LogP contribution is 2.30. The molecule has 1 atom stereocenters. The zero-order chi connectivity index (χ0) is 14.5. The number of aromatic nitrogens is 2. The number of aliphatic hydroxyl groups is 1. The fourth-order valence-corrected chi connectivity index (χ4v) is 1.70. The molecule has 20 heavy (non-hydrogen) atoms. The van der Waals surface area contributed by atoms with Gasteiger partial charge in [-0.05, 0) is 24.6 Å². The van der Waals surface area contributed by atoms with Crippen molar-refractivity contribution in [3.8, 4) is 11.5 Å². The maximum Gasteiger partial charge on any atom is 0.226 e. The highest BCUT2D eigenvalue weighted by molar-refractivity contribution is 5.43. The standard InChI is InChI=1S/C14H18N2O4/c1-4-14-15-13(16-20-14)8-19-11-6-5-10(9(2)17)7-12(11)18-3/h5-7,9,17H,4,8H2,1-3H3. The van der Waals surface area contributed by atoms with E-state index >= 15 is 0 Å². The second-order valence-electron chi connectivity index (χ2n) is 4.33. The van der Waals surface area contributed by atoms with Gasteiger partial charge in [0.1, 0.15) is 0 Å². The molecule has 0 saturated carbocycles. The molecule has 6 nitrogen and oxygen atoms in total. The minimum atomic E-state index is -0.553. The molecular formula is C14H18N2O4. The zero-order valence-corrected chi connectivity index (χ0v) is 11.8. The van der Waals surface area contributed by atoms with Gasteiger partial charge in [-0.2, -0.15) is 4.98 Å². The number of aliphatic hydroxyl groups excluding tert-OH is 1. The van der Waals surface area contributed by atoms with Gasteiger partial charge in [0.05, 0.1) is 13.2 Å². The Morgan fingerprint density at radius 3 is 2.75 bits per heavy atom. The Bertz CT molecular complexity index is 566. The molecule has 6 heteroatoms. The van der Waals surface area contributed by atoms with E-state index in [-0.39, 0.29) is 6.61 Å². The van der Waals surface area contributed by atoms with Crippen LogP contribution in [0.5, 0.6) is 11.5 Å². The number of rotatable bonds is 6. The Kier molecular flexibility index (Phi) is 4.57. The van der Waals surface area contributed by atoms with Gasteiger partial charge in [0.25, 0.3) is 0 Å². The first-order chi connectivity index (χ1) is 9.63. The molecule has 0 amide bonds. The van der Waals surface area contributed by atoms with Crippen molar-refractivity contribution < 1.29 is 19.1 Å². The highest BCUT2D eigenvalue weighted by atomic mass is 16.5. The Balaban J connectivity index is 2.08. The van der Waals surface area contributed by atoms with Crippen LogP contribution in [0.1, 0.15) is 37.2 Å². The SMILES string of the molecule is CCc1nc(COc2ccc(C(C)O)cc2OC)no1. The van der Waals surface area contributed by atoms with Gasteiger partial charge < -0.3 is 19.1 Å². The third-order valence-corrected chi connectivity index (χ3v) is 2.84. The molecule has 0 spiro atoms. The van der Waals surface area contributed by atoms with Crippen molar-refractivity contribution in [1.82, 2.24) is 10.1 Å². The van der Waals surface area contributed by atoms with Crippen LogP contribution in [-0.4, -0.2) is 22.4 Å². The number of methoxy groups -OCH3 is 1. The summed E-state index contributed by atoms with van der Waals surface area (Å²) in [5.41, 5.74) is 0.766. The maximum absolute atomic E-state index is 9.54. The normalized spacial score (nSPS) is 12.2. The summed E-state index contributed by atoms with van der Waals surface area (Å²) < 4.78 is 15.9. The molecule has 0 aliphatic rings. The molecule has 0 aliphatic heterocycles. The summed E-state index contributed by atoms with van der Waals surface area (Å²) in [6, 6.07) is 5.28. The number of hydrogen-bond donors (Lipinski definition) is 1. The van der Waals surface area contributed by atoms with Crippen molar-refractivity contribution >= 4 is 0 Å². The summed E-state index contributed by atoms with van der Waals surface area (Å²) in [5, 5.41) is 13.4. The summed E-state index contributed by atoms with van der Waals surface area (Å²) >= 11 is 0. The molecule has 1 aromatic carbocycles. The molecule has 2 aromatic rings. The molecule has 1 heterocycles. The topological polar surface area (TPSA) is 77.6 Å². The average Bonchev–Trinajstić information content (AvgIpc) is 2.92. The van der Waals surface area contributed by atoms with Gasteiger partial charge in [-0.15, -0.1) is 0 Å². The van der Waals surface area contributed by atoms with Gasteiger partial charge in [-0.3, -0.25) is 0 Å². The molecule has 0 aliphatic carbocycles. The Labute approximate surface area is 117 Å². The number of nitrogens with zero attached hydrogens (tertiary/aromatic N) is 2. The van der Waals surface area contributed by atoms with Gasteiger partial charge in [0.15, 0.2) is 18.1 Å². The van der Waals surface area contributed by atoms with E-state index in [0.717, 1.165) is 5.56 Å². The lowest BCUT2D eigenvalue weighted by Gasteiger charge is -2.12. The molecule has 108 valence electrons. The van der Waals surface area contributed by atoms with Crippen LogP contribution in [0.2, 0.25) is 0 Å². The third kappa shape index (κ3) is 3.27. The molecule has 0 radical (unpaired) electrons. The second kappa shape index (κ2) is 6.38. The van der Waals surface area contributed by atoms with E-state index in [1.165, 1.54) is 0 Å². The number of ether oxygens (including phenoxy) is 2. The number of benzene rings is 1. The van der Waals surface area contributed by atoms with Gasteiger partial charge in [0.2, 0.25) is 11.7 Å². The van der Waals surface area contributed by atoms with Crippen molar-refractivity contribution in [2.75, 3.05) is 7.11 Å². The minimum absolute atomic E-state index is 0.202. The van der Waals surface area contributed by atoms with Crippen LogP contribution in [0, 0.1) is 0 Å². The fourth-order valence-electron chi connectivity index (χ4n) is 1.70. The quantitative estimate of drug-likeness (QED) is 0.873. The lowest BCUT2D eigenvalue weighted by Crippen LogP contribution is -2.01. The third-order valence-electron chi connectivity index (χ3n) is 2.84. The second-order valence-corrected chi connectivity index (χ2v) is 4.33. The average molecular weight is 278 g/mol. The molecule has 0 bridgehead atoms. The van der Waals surface area contributed by atoms with Crippen molar-refractivity contribution in [3.63, 3.8) is 0 Å². The summed E-state index contributed by atoms with van der Waals surface area (Å²) in [6.07, 6.45) is 0.140. The number of aryl methyl sites for hydroxylation is 1. The predicted molar refractivity (Wildman–Crippen MR) is 71.6 cm³/mol. The Morgan fingerprint density at radius 1 is 1.35 bits per heavy atom. The lowest BCUT2D eigenvalue weighted by atomic mass is 10.1. The van der Waals surface area contributed by atoms with Crippen LogP contribution in [0.4, 0.5) is 0 Å². The first-order valence-corrected chi connectivity index (χ1v) is 6.44.